The van der Waals surface area contributed by atoms with Crippen molar-refractivity contribution in [2.75, 3.05) is 9.80 Å². The summed E-state index contributed by atoms with van der Waals surface area (Å²) in [5, 5.41) is 7.23. The summed E-state index contributed by atoms with van der Waals surface area (Å²) in [4.78, 5) is 4.99. The highest BCUT2D eigenvalue weighted by atomic mass is 16.3. The summed E-state index contributed by atoms with van der Waals surface area (Å²) in [6.07, 6.45) is 0. The van der Waals surface area contributed by atoms with Gasteiger partial charge in [-0.15, -0.1) is 0 Å². The van der Waals surface area contributed by atoms with Gasteiger partial charge < -0.3 is 14.2 Å². The Kier molecular flexibility index (Phi) is 6.14. The number of fused-ring (bicyclic) bond motifs is 9. The SMILES string of the molecule is c1ccc(N2c3cc4ccccc4cc3B3c4cc5ccccc5cc4N(c4ccccc4)c4cc(-c5ccc6c(c5)oc5ccccc56)cc2c43)cc1. The Bertz CT molecular complexity index is 2980. The Morgan fingerprint density at radius 1 is 0.352 bits per heavy atom. The third-order valence-electron chi connectivity index (χ3n) is 11.5. The van der Waals surface area contributed by atoms with Gasteiger partial charge in [-0.1, -0.05) is 121 Å². The second kappa shape index (κ2) is 11.2. The monoisotopic (exact) mass is 686 g/mol. The molecule has 0 bridgehead atoms. The molecule has 0 saturated heterocycles. The number of hydrogen-bond donors (Lipinski definition) is 0. The van der Waals surface area contributed by atoms with Crippen LogP contribution in [0, 0.1) is 0 Å². The number of para-hydroxylation sites is 3. The van der Waals surface area contributed by atoms with E-state index in [1.54, 1.807) is 0 Å². The van der Waals surface area contributed by atoms with Gasteiger partial charge in [-0.05, 0) is 116 Å². The second-order valence-corrected chi connectivity index (χ2v) is 14.5. The molecule has 54 heavy (non-hydrogen) atoms. The maximum atomic E-state index is 6.45. The molecule has 0 saturated carbocycles. The van der Waals surface area contributed by atoms with Crippen LogP contribution in [-0.4, -0.2) is 6.71 Å². The van der Waals surface area contributed by atoms with Crippen LogP contribution in [0.15, 0.2) is 192 Å². The molecule has 0 fully saturated rings. The van der Waals surface area contributed by atoms with Gasteiger partial charge in [0.1, 0.15) is 11.2 Å². The molecule has 2 aliphatic heterocycles. The number of hydrogen-bond acceptors (Lipinski definition) is 3. The van der Waals surface area contributed by atoms with E-state index in [4.69, 9.17) is 4.42 Å². The zero-order valence-electron chi connectivity index (χ0n) is 29.3. The zero-order chi connectivity index (χ0) is 35.3. The van der Waals surface area contributed by atoms with Gasteiger partial charge in [0.2, 0.25) is 0 Å². The molecule has 0 atom stereocenters. The van der Waals surface area contributed by atoms with Crippen molar-refractivity contribution in [3.05, 3.63) is 188 Å². The van der Waals surface area contributed by atoms with Crippen molar-refractivity contribution < 1.29 is 4.42 Å². The van der Waals surface area contributed by atoms with Gasteiger partial charge in [-0.25, -0.2) is 0 Å². The largest absolute Gasteiger partial charge is 0.456 e. The van der Waals surface area contributed by atoms with E-state index in [2.05, 4.69) is 192 Å². The van der Waals surface area contributed by atoms with E-state index in [9.17, 15) is 0 Å². The maximum Gasteiger partial charge on any atom is 0.252 e. The van der Waals surface area contributed by atoms with Crippen LogP contribution in [0.2, 0.25) is 0 Å². The van der Waals surface area contributed by atoms with Crippen LogP contribution in [0.1, 0.15) is 0 Å². The molecule has 0 spiro atoms. The van der Waals surface area contributed by atoms with E-state index in [0.29, 0.717) is 0 Å². The first-order valence-corrected chi connectivity index (χ1v) is 18.6. The average molecular weight is 687 g/mol. The van der Waals surface area contributed by atoms with Crippen molar-refractivity contribution >= 4 is 101 Å². The van der Waals surface area contributed by atoms with Gasteiger partial charge in [-0.3, -0.25) is 0 Å². The Balaban J connectivity index is 1.22. The molecule has 12 rings (SSSR count). The quantitative estimate of drug-likeness (QED) is 0.173. The summed E-state index contributed by atoms with van der Waals surface area (Å²) < 4.78 is 6.45. The standard InChI is InChI=1S/C50H31BN2O/c1-3-17-38(18-4-1)52-44-27-34-15-9-7-13-32(34)25-42(44)51-43-26-33-14-8-10-16-35(33)28-45(43)53(39-19-5-2-6-20-39)47-30-37(29-46(52)50(47)51)36-23-24-41-40-21-11-12-22-48(40)54-49(41)31-36/h1-31H. The highest BCUT2D eigenvalue weighted by Crippen LogP contribution is 2.47. The van der Waals surface area contributed by atoms with Gasteiger partial charge in [0.15, 0.2) is 0 Å². The molecule has 3 heterocycles. The predicted octanol–water partition coefficient (Wildman–Crippen LogP) is 11.6. The number of furan rings is 1. The van der Waals surface area contributed by atoms with E-state index in [0.717, 1.165) is 44.4 Å². The molecule has 0 aliphatic carbocycles. The van der Waals surface area contributed by atoms with Gasteiger partial charge >= 0.3 is 0 Å². The number of benzene rings is 9. The molecular weight excluding hydrogens is 655 g/mol. The van der Waals surface area contributed by atoms with Crippen LogP contribution in [0.5, 0.6) is 0 Å². The Hall–Kier alpha value is -7.04. The predicted molar refractivity (Wildman–Crippen MR) is 228 cm³/mol. The third kappa shape index (κ3) is 4.25. The van der Waals surface area contributed by atoms with Crippen molar-refractivity contribution in [2.45, 2.75) is 0 Å². The molecule has 2 aliphatic rings. The lowest BCUT2D eigenvalue weighted by atomic mass is 9.33. The van der Waals surface area contributed by atoms with Crippen molar-refractivity contribution in [3.8, 4) is 11.1 Å². The number of anilines is 6. The van der Waals surface area contributed by atoms with Gasteiger partial charge in [0.05, 0.1) is 0 Å². The minimum atomic E-state index is 0.0149. The lowest BCUT2D eigenvalue weighted by Gasteiger charge is -2.44. The summed E-state index contributed by atoms with van der Waals surface area (Å²) in [6, 6.07) is 68.8. The maximum absolute atomic E-state index is 6.45. The van der Waals surface area contributed by atoms with Crippen LogP contribution in [0.4, 0.5) is 34.1 Å². The van der Waals surface area contributed by atoms with E-state index in [1.807, 2.05) is 6.07 Å². The Morgan fingerprint density at radius 3 is 1.41 bits per heavy atom. The molecule has 0 amide bonds. The van der Waals surface area contributed by atoms with Gasteiger partial charge in [0, 0.05) is 44.9 Å². The number of rotatable bonds is 3. The van der Waals surface area contributed by atoms with Crippen molar-refractivity contribution in [1.29, 1.82) is 0 Å². The van der Waals surface area contributed by atoms with Crippen molar-refractivity contribution in [3.63, 3.8) is 0 Å². The summed E-state index contributed by atoms with van der Waals surface area (Å²) in [5.74, 6) is 0. The van der Waals surface area contributed by atoms with Crippen LogP contribution in [0.25, 0.3) is 54.6 Å². The smallest absolute Gasteiger partial charge is 0.252 e. The van der Waals surface area contributed by atoms with E-state index < -0.39 is 0 Å². The topological polar surface area (TPSA) is 19.6 Å². The fraction of sp³-hybridized carbons (Fsp3) is 0. The van der Waals surface area contributed by atoms with Crippen molar-refractivity contribution in [1.82, 2.24) is 0 Å². The molecule has 250 valence electrons. The van der Waals surface area contributed by atoms with Crippen LogP contribution in [0.3, 0.4) is 0 Å². The van der Waals surface area contributed by atoms with Crippen LogP contribution in [-0.2, 0) is 0 Å². The zero-order valence-corrected chi connectivity index (χ0v) is 29.3. The molecule has 9 aromatic carbocycles. The molecule has 0 unspecified atom stereocenters. The van der Waals surface area contributed by atoms with Gasteiger partial charge in [0.25, 0.3) is 6.71 Å². The third-order valence-corrected chi connectivity index (χ3v) is 11.5. The molecule has 0 radical (unpaired) electrons. The first kappa shape index (κ1) is 29.5. The highest BCUT2D eigenvalue weighted by molar-refractivity contribution is 7.00. The fourth-order valence-corrected chi connectivity index (χ4v) is 9.15. The van der Waals surface area contributed by atoms with E-state index in [-0.39, 0.29) is 6.71 Å². The Labute approximate surface area is 313 Å². The van der Waals surface area contributed by atoms with Crippen LogP contribution < -0.4 is 26.2 Å². The highest BCUT2D eigenvalue weighted by Gasteiger charge is 2.44. The second-order valence-electron chi connectivity index (χ2n) is 14.5. The molecule has 0 N–H and O–H groups in total. The first-order valence-electron chi connectivity index (χ1n) is 18.6. The normalized spacial score (nSPS) is 13.1. The van der Waals surface area contributed by atoms with E-state index in [1.165, 1.54) is 60.7 Å². The molecular formula is C50H31BN2O. The fourth-order valence-electron chi connectivity index (χ4n) is 9.15. The lowest BCUT2D eigenvalue weighted by Crippen LogP contribution is -2.61. The molecule has 1 aromatic heterocycles. The van der Waals surface area contributed by atoms with Gasteiger partial charge in [-0.2, -0.15) is 0 Å². The number of nitrogens with zero attached hydrogens (tertiary/aromatic N) is 2. The lowest BCUT2D eigenvalue weighted by molar-refractivity contribution is 0.669. The van der Waals surface area contributed by atoms with E-state index >= 15 is 0 Å². The minimum Gasteiger partial charge on any atom is -0.456 e. The molecule has 3 nitrogen and oxygen atoms in total. The average Bonchev–Trinajstić information content (AvgIpc) is 3.61. The first-order chi connectivity index (χ1) is 26.8. The molecule has 4 heteroatoms. The summed E-state index contributed by atoms with van der Waals surface area (Å²) >= 11 is 0. The Morgan fingerprint density at radius 2 is 0.833 bits per heavy atom. The summed E-state index contributed by atoms with van der Waals surface area (Å²) in [7, 11) is 0. The molecule has 10 aromatic rings. The minimum absolute atomic E-state index is 0.0149. The van der Waals surface area contributed by atoms with Crippen molar-refractivity contribution in [2.24, 2.45) is 0 Å². The summed E-state index contributed by atoms with van der Waals surface area (Å²) in [5.41, 5.74) is 15.0. The summed E-state index contributed by atoms with van der Waals surface area (Å²) in [6.45, 7) is 0.0149. The van der Waals surface area contributed by atoms with Crippen LogP contribution >= 0.6 is 0 Å².